The minimum absolute atomic E-state index is 0.616. The largest absolute Gasteiger partial charge is 0.245 e. The maximum Gasteiger partial charge on any atom is 0.129 e. The van der Waals surface area contributed by atoms with Gasteiger partial charge in [-0.05, 0) is 30.5 Å². The van der Waals surface area contributed by atoms with Gasteiger partial charge >= 0.3 is 0 Å². The third-order valence-electron chi connectivity index (χ3n) is 3.86. The van der Waals surface area contributed by atoms with Gasteiger partial charge in [0.1, 0.15) is 5.15 Å². The summed E-state index contributed by atoms with van der Waals surface area (Å²) in [6, 6.07) is 4.06. The van der Waals surface area contributed by atoms with Crippen molar-refractivity contribution in [1.82, 2.24) is 4.98 Å². The molecule has 1 aromatic rings. The summed E-state index contributed by atoms with van der Waals surface area (Å²) in [5.41, 5.74) is 1.32. The Morgan fingerprint density at radius 2 is 1.40 bits per heavy atom. The highest BCUT2D eigenvalue weighted by Crippen LogP contribution is 2.14. The number of hydrogen-bond donors (Lipinski definition) is 0. The molecule has 0 radical (unpaired) electrons. The maximum absolute atomic E-state index is 5.88. The lowest BCUT2D eigenvalue weighted by Crippen LogP contribution is -1.87. The first-order valence-corrected chi connectivity index (χ1v) is 8.81. The van der Waals surface area contributed by atoms with Gasteiger partial charge < -0.3 is 0 Å². The van der Waals surface area contributed by atoms with Crippen LogP contribution in [0.25, 0.3) is 0 Å². The van der Waals surface area contributed by atoms with Crippen molar-refractivity contribution in [3.63, 3.8) is 0 Å². The average molecular weight is 296 g/mol. The molecular formula is C18H30ClN. The monoisotopic (exact) mass is 295 g/mol. The first-order chi connectivity index (χ1) is 9.83. The van der Waals surface area contributed by atoms with Crippen LogP contribution in [0.1, 0.15) is 83.1 Å². The van der Waals surface area contributed by atoms with Gasteiger partial charge in [0.15, 0.2) is 0 Å². The fourth-order valence-electron chi connectivity index (χ4n) is 2.59. The number of hydrogen-bond acceptors (Lipinski definition) is 1. The summed E-state index contributed by atoms with van der Waals surface area (Å²) in [5.74, 6) is 0. The van der Waals surface area contributed by atoms with Gasteiger partial charge in [0.25, 0.3) is 0 Å². The fourth-order valence-corrected chi connectivity index (χ4v) is 2.79. The number of nitrogens with zero attached hydrogens (tertiary/aromatic N) is 1. The van der Waals surface area contributed by atoms with Crippen molar-refractivity contribution < 1.29 is 0 Å². The van der Waals surface area contributed by atoms with E-state index in [9.17, 15) is 0 Å². The first-order valence-electron chi connectivity index (χ1n) is 8.43. The fraction of sp³-hybridized carbons (Fsp3) is 0.722. The molecule has 1 nitrogen and oxygen atoms in total. The standard InChI is InChI=1S/C18H30ClN/c1-2-3-4-5-6-7-8-9-10-11-12-13-17-14-15-20-18(19)16-17/h14-16H,2-13H2,1H3. The Bertz CT molecular complexity index is 338. The van der Waals surface area contributed by atoms with Gasteiger partial charge in [-0.1, -0.05) is 82.7 Å². The van der Waals surface area contributed by atoms with E-state index in [1.807, 2.05) is 6.07 Å². The molecule has 2 heteroatoms. The zero-order chi connectivity index (χ0) is 14.5. The van der Waals surface area contributed by atoms with Crippen molar-refractivity contribution in [2.45, 2.75) is 84.0 Å². The Morgan fingerprint density at radius 1 is 0.850 bits per heavy atom. The summed E-state index contributed by atoms with van der Waals surface area (Å²) in [4.78, 5) is 4.01. The first kappa shape index (κ1) is 17.5. The molecule has 114 valence electrons. The summed E-state index contributed by atoms with van der Waals surface area (Å²) in [5, 5.41) is 0.616. The molecule has 0 aliphatic carbocycles. The third-order valence-corrected chi connectivity index (χ3v) is 4.07. The van der Waals surface area contributed by atoms with E-state index in [1.165, 1.54) is 76.2 Å². The van der Waals surface area contributed by atoms with E-state index >= 15 is 0 Å². The Labute approximate surface area is 130 Å². The summed E-state index contributed by atoms with van der Waals surface area (Å²) in [7, 11) is 0. The molecule has 0 bridgehead atoms. The van der Waals surface area contributed by atoms with E-state index in [1.54, 1.807) is 6.20 Å². The second kappa shape index (κ2) is 12.2. The highest BCUT2D eigenvalue weighted by molar-refractivity contribution is 6.29. The van der Waals surface area contributed by atoms with Crippen LogP contribution >= 0.6 is 11.6 Å². The predicted molar refractivity (Wildman–Crippen MR) is 89.4 cm³/mol. The lowest BCUT2D eigenvalue weighted by Gasteiger charge is -2.03. The van der Waals surface area contributed by atoms with Gasteiger partial charge in [0, 0.05) is 6.20 Å². The van der Waals surface area contributed by atoms with Crippen molar-refractivity contribution in [2.75, 3.05) is 0 Å². The SMILES string of the molecule is CCCCCCCCCCCCCc1ccnc(Cl)c1. The summed E-state index contributed by atoms with van der Waals surface area (Å²) in [6.07, 6.45) is 18.3. The lowest BCUT2D eigenvalue weighted by atomic mass is 10.0. The van der Waals surface area contributed by atoms with E-state index in [0.717, 1.165) is 6.42 Å². The van der Waals surface area contributed by atoms with Crippen LogP contribution in [0.15, 0.2) is 18.3 Å². The van der Waals surface area contributed by atoms with Crippen LogP contribution < -0.4 is 0 Å². The van der Waals surface area contributed by atoms with Crippen LogP contribution in [0.5, 0.6) is 0 Å². The van der Waals surface area contributed by atoms with Crippen LogP contribution in [-0.2, 0) is 6.42 Å². The van der Waals surface area contributed by atoms with Gasteiger partial charge in [-0.25, -0.2) is 4.98 Å². The van der Waals surface area contributed by atoms with Gasteiger partial charge in [0.05, 0.1) is 0 Å². The predicted octanol–water partition coefficient (Wildman–Crippen LogP) is 6.59. The topological polar surface area (TPSA) is 12.9 Å². The summed E-state index contributed by atoms with van der Waals surface area (Å²) >= 11 is 5.88. The third kappa shape index (κ3) is 9.36. The van der Waals surface area contributed by atoms with Crippen molar-refractivity contribution in [2.24, 2.45) is 0 Å². The molecule has 1 aromatic heterocycles. The number of aromatic nitrogens is 1. The van der Waals surface area contributed by atoms with E-state index in [-0.39, 0.29) is 0 Å². The van der Waals surface area contributed by atoms with Crippen LogP contribution in [-0.4, -0.2) is 4.98 Å². The number of unbranched alkanes of at least 4 members (excludes halogenated alkanes) is 10. The number of rotatable bonds is 12. The maximum atomic E-state index is 5.88. The molecule has 20 heavy (non-hydrogen) atoms. The van der Waals surface area contributed by atoms with E-state index in [4.69, 9.17) is 11.6 Å². The molecule has 0 fully saturated rings. The Morgan fingerprint density at radius 3 is 1.95 bits per heavy atom. The van der Waals surface area contributed by atoms with Crippen molar-refractivity contribution >= 4 is 11.6 Å². The van der Waals surface area contributed by atoms with Crippen molar-refractivity contribution in [1.29, 1.82) is 0 Å². The summed E-state index contributed by atoms with van der Waals surface area (Å²) in [6.45, 7) is 2.28. The second-order valence-corrected chi connectivity index (χ2v) is 6.16. The number of aryl methyl sites for hydroxylation is 1. The Hall–Kier alpha value is -0.560. The minimum Gasteiger partial charge on any atom is -0.245 e. The lowest BCUT2D eigenvalue weighted by molar-refractivity contribution is 0.549. The molecule has 0 spiro atoms. The quantitative estimate of drug-likeness (QED) is 0.313. The number of halogens is 1. The van der Waals surface area contributed by atoms with Crippen LogP contribution in [0.3, 0.4) is 0 Å². The number of pyridine rings is 1. The molecule has 0 saturated heterocycles. The van der Waals surface area contributed by atoms with E-state index in [0.29, 0.717) is 5.15 Å². The molecule has 0 unspecified atom stereocenters. The van der Waals surface area contributed by atoms with Gasteiger partial charge in [-0.3, -0.25) is 0 Å². The molecule has 1 heterocycles. The van der Waals surface area contributed by atoms with Gasteiger partial charge in [-0.15, -0.1) is 0 Å². The van der Waals surface area contributed by atoms with Crippen LogP contribution in [0.2, 0.25) is 5.15 Å². The zero-order valence-electron chi connectivity index (χ0n) is 13.0. The highest BCUT2D eigenvalue weighted by atomic mass is 35.5. The molecule has 0 aliphatic heterocycles. The van der Waals surface area contributed by atoms with Crippen molar-refractivity contribution in [3.05, 3.63) is 29.0 Å². The van der Waals surface area contributed by atoms with E-state index < -0.39 is 0 Å². The van der Waals surface area contributed by atoms with Crippen molar-refractivity contribution in [3.8, 4) is 0 Å². The molecule has 1 rings (SSSR count). The molecule has 0 N–H and O–H groups in total. The van der Waals surface area contributed by atoms with Crippen LogP contribution in [0, 0.1) is 0 Å². The second-order valence-electron chi connectivity index (χ2n) is 5.77. The van der Waals surface area contributed by atoms with Crippen LogP contribution in [0.4, 0.5) is 0 Å². The van der Waals surface area contributed by atoms with Gasteiger partial charge in [-0.2, -0.15) is 0 Å². The average Bonchev–Trinajstić information content (AvgIpc) is 2.45. The smallest absolute Gasteiger partial charge is 0.129 e. The zero-order valence-corrected chi connectivity index (χ0v) is 13.8. The molecule has 0 aromatic carbocycles. The summed E-state index contributed by atoms with van der Waals surface area (Å²) < 4.78 is 0. The molecular weight excluding hydrogens is 266 g/mol. The minimum atomic E-state index is 0.616. The molecule has 0 amide bonds. The normalized spacial score (nSPS) is 10.9. The highest BCUT2D eigenvalue weighted by Gasteiger charge is 1.96. The Kier molecular flexibility index (Phi) is 10.7. The molecule has 0 atom stereocenters. The molecule has 0 aliphatic rings. The van der Waals surface area contributed by atoms with Gasteiger partial charge in [0.2, 0.25) is 0 Å². The molecule has 0 saturated carbocycles. The Balaban J connectivity index is 1.85. The van der Waals surface area contributed by atoms with E-state index in [2.05, 4.69) is 18.0 Å².